The van der Waals surface area contributed by atoms with E-state index in [0.29, 0.717) is 6.54 Å². The molecule has 1 fully saturated rings. The average Bonchev–Trinajstić information content (AvgIpc) is 2.45. The second-order valence-electron chi connectivity index (χ2n) is 5.19. The number of hydrogen-bond donors (Lipinski definition) is 1. The van der Waals surface area contributed by atoms with Gasteiger partial charge in [0, 0.05) is 12.7 Å². The molecule has 1 aliphatic heterocycles. The summed E-state index contributed by atoms with van der Waals surface area (Å²) in [5.74, 6) is -0.814. The fourth-order valence-electron chi connectivity index (χ4n) is 2.59. The van der Waals surface area contributed by atoms with Crippen LogP contribution in [0.1, 0.15) is 31.2 Å². The molecule has 0 radical (unpaired) electrons. The lowest BCUT2D eigenvalue weighted by Crippen LogP contribution is -2.39. The van der Waals surface area contributed by atoms with Gasteiger partial charge < -0.3 is 10.0 Å². The third-order valence-electron chi connectivity index (χ3n) is 3.69. The lowest BCUT2D eigenvalue weighted by atomic mass is 9.98. The molecule has 1 aliphatic rings. The van der Waals surface area contributed by atoms with E-state index in [1.165, 1.54) is 5.56 Å². The number of carboxylic acids is 1. The first kappa shape index (κ1) is 13.9. The minimum atomic E-state index is -0.646. The molecule has 19 heavy (non-hydrogen) atoms. The number of rotatable bonds is 6. The molecule has 1 saturated heterocycles. The van der Waals surface area contributed by atoms with E-state index < -0.39 is 5.97 Å². The quantitative estimate of drug-likeness (QED) is 0.790. The van der Waals surface area contributed by atoms with Gasteiger partial charge in [-0.3, -0.25) is 4.79 Å². The van der Waals surface area contributed by atoms with Crippen molar-refractivity contribution in [1.29, 1.82) is 0 Å². The average molecular weight is 263 g/mol. The van der Waals surface area contributed by atoms with Crippen LogP contribution in [0.2, 0.25) is 0 Å². The smallest absolute Gasteiger partial charge is 0.307 e. The van der Waals surface area contributed by atoms with E-state index in [-0.39, 0.29) is 5.92 Å². The SMILES string of the molecule is O=C(O)C1CCCN(CCCCc2ccnnc2)C1. The van der Waals surface area contributed by atoms with Gasteiger partial charge in [-0.25, -0.2) is 0 Å². The predicted molar refractivity (Wildman–Crippen MR) is 71.8 cm³/mol. The molecule has 0 spiro atoms. The van der Waals surface area contributed by atoms with Crippen molar-refractivity contribution >= 4 is 5.97 Å². The molecule has 104 valence electrons. The molecule has 1 aromatic rings. The van der Waals surface area contributed by atoms with Gasteiger partial charge in [-0.05, 0) is 56.8 Å². The van der Waals surface area contributed by atoms with Gasteiger partial charge in [0.15, 0.2) is 0 Å². The maximum atomic E-state index is 11.0. The molecule has 2 rings (SSSR count). The van der Waals surface area contributed by atoms with Gasteiger partial charge in [0.25, 0.3) is 0 Å². The number of likely N-dealkylation sites (tertiary alicyclic amines) is 1. The van der Waals surface area contributed by atoms with Gasteiger partial charge in [0.05, 0.1) is 12.1 Å². The zero-order valence-corrected chi connectivity index (χ0v) is 11.2. The van der Waals surface area contributed by atoms with Crippen molar-refractivity contribution < 1.29 is 9.90 Å². The highest BCUT2D eigenvalue weighted by molar-refractivity contribution is 5.70. The van der Waals surface area contributed by atoms with E-state index >= 15 is 0 Å². The number of unbranched alkanes of at least 4 members (excludes halogenated alkanes) is 1. The number of carbonyl (C=O) groups is 1. The Morgan fingerprint density at radius 2 is 2.32 bits per heavy atom. The Bertz CT molecular complexity index is 397. The van der Waals surface area contributed by atoms with Gasteiger partial charge in [-0.1, -0.05) is 0 Å². The van der Waals surface area contributed by atoms with Gasteiger partial charge >= 0.3 is 5.97 Å². The third kappa shape index (κ3) is 4.59. The number of hydrogen-bond acceptors (Lipinski definition) is 4. The lowest BCUT2D eigenvalue weighted by Gasteiger charge is -2.30. The molecule has 0 aliphatic carbocycles. The van der Waals surface area contributed by atoms with Crippen LogP contribution in [-0.4, -0.2) is 45.8 Å². The van der Waals surface area contributed by atoms with Crippen LogP contribution in [0.25, 0.3) is 0 Å². The zero-order valence-electron chi connectivity index (χ0n) is 11.2. The molecule has 0 bridgehead atoms. The van der Waals surface area contributed by atoms with Crippen LogP contribution < -0.4 is 0 Å². The fraction of sp³-hybridized carbons (Fsp3) is 0.643. The van der Waals surface area contributed by atoms with Crippen LogP contribution in [0.3, 0.4) is 0 Å². The molecule has 2 heterocycles. The van der Waals surface area contributed by atoms with Crippen molar-refractivity contribution in [3.8, 4) is 0 Å². The molecular weight excluding hydrogens is 242 g/mol. The summed E-state index contributed by atoms with van der Waals surface area (Å²) in [6.07, 6.45) is 8.60. The Kier molecular flexibility index (Phi) is 5.27. The predicted octanol–water partition coefficient (Wildman–Crippen LogP) is 1.60. The number of piperidine rings is 1. The number of aliphatic carboxylic acids is 1. The third-order valence-corrected chi connectivity index (χ3v) is 3.69. The molecule has 5 nitrogen and oxygen atoms in total. The Morgan fingerprint density at radius 3 is 3.05 bits per heavy atom. The van der Waals surface area contributed by atoms with E-state index in [1.807, 2.05) is 6.07 Å². The van der Waals surface area contributed by atoms with E-state index in [0.717, 1.165) is 45.2 Å². The molecular formula is C14H21N3O2. The highest BCUT2D eigenvalue weighted by Gasteiger charge is 2.24. The Hall–Kier alpha value is -1.49. The summed E-state index contributed by atoms with van der Waals surface area (Å²) in [4.78, 5) is 13.3. The largest absolute Gasteiger partial charge is 0.481 e. The van der Waals surface area contributed by atoms with Crippen LogP contribution in [0.5, 0.6) is 0 Å². The first-order chi connectivity index (χ1) is 9.25. The van der Waals surface area contributed by atoms with Crippen molar-refractivity contribution in [3.05, 3.63) is 24.0 Å². The number of aromatic nitrogens is 2. The summed E-state index contributed by atoms with van der Waals surface area (Å²) >= 11 is 0. The van der Waals surface area contributed by atoms with E-state index in [9.17, 15) is 4.79 Å². The number of aryl methyl sites for hydroxylation is 1. The molecule has 1 atom stereocenters. The monoisotopic (exact) mass is 263 g/mol. The number of nitrogens with zero attached hydrogens (tertiary/aromatic N) is 3. The van der Waals surface area contributed by atoms with Crippen molar-refractivity contribution in [1.82, 2.24) is 15.1 Å². The summed E-state index contributed by atoms with van der Waals surface area (Å²) in [6, 6.07) is 1.99. The minimum Gasteiger partial charge on any atom is -0.481 e. The minimum absolute atomic E-state index is 0.168. The molecule has 0 aromatic carbocycles. The molecule has 0 amide bonds. The summed E-state index contributed by atoms with van der Waals surface area (Å²) in [6.45, 7) is 2.76. The van der Waals surface area contributed by atoms with Gasteiger partial charge in [-0.15, -0.1) is 0 Å². The van der Waals surface area contributed by atoms with Crippen molar-refractivity contribution in [3.63, 3.8) is 0 Å². The van der Waals surface area contributed by atoms with Gasteiger partial charge in [0.2, 0.25) is 0 Å². The Morgan fingerprint density at radius 1 is 1.42 bits per heavy atom. The molecule has 1 aromatic heterocycles. The Balaban J connectivity index is 1.64. The Labute approximate surface area is 113 Å². The second kappa shape index (κ2) is 7.19. The van der Waals surface area contributed by atoms with Crippen molar-refractivity contribution in [2.45, 2.75) is 32.1 Å². The van der Waals surface area contributed by atoms with Crippen LogP contribution in [0.4, 0.5) is 0 Å². The van der Waals surface area contributed by atoms with Crippen LogP contribution in [-0.2, 0) is 11.2 Å². The molecule has 5 heteroatoms. The molecule has 1 unspecified atom stereocenters. The molecule has 0 saturated carbocycles. The second-order valence-corrected chi connectivity index (χ2v) is 5.19. The van der Waals surface area contributed by atoms with Gasteiger partial charge in [-0.2, -0.15) is 10.2 Å². The summed E-state index contributed by atoms with van der Waals surface area (Å²) in [5, 5.41) is 16.7. The summed E-state index contributed by atoms with van der Waals surface area (Å²) in [7, 11) is 0. The zero-order chi connectivity index (χ0) is 13.5. The lowest BCUT2D eigenvalue weighted by molar-refractivity contribution is -0.143. The normalized spacial score (nSPS) is 20.3. The van der Waals surface area contributed by atoms with E-state index in [1.54, 1.807) is 12.4 Å². The van der Waals surface area contributed by atoms with Gasteiger partial charge in [0.1, 0.15) is 0 Å². The highest BCUT2D eigenvalue weighted by Crippen LogP contribution is 2.17. The topological polar surface area (TPSA) is 66.3 Å². The maximum absolute atomic E-state index is 11.0. The van der Waals surface area contributed by atoms with Crippen molar-refractivity contribution in [2.24, 2.45) is 5.92 Å². The first-order valence-electron chi connectivity index (χ1n) is 6.96. The van der Waals surface area contributed by atoms with E-state index in [2.05, 4.69) is 15.1 Å². The van der Waals surface area contributed by atoms with Crippen LogP contribution in [0, 0.1) is 5.92 Å². The van der Waals surface area contributed by atoms with E-state index in [4.69, 9.17) is 5.11 Å². The standard InChI is InChI=1S/C14H21N3O2/c18-14(19)13-5-3-9-17(11-13)8-2-1-4-12-6-7-15-16-10-12/h6-7,10,13H,1-5,8-9,11H2,(H,18,19). The number of carboxylic acid groups (broad SMARTS) is 1. The highest BCUT2D eigenvalue weighted by atomic mass is 16.4. The first-order valence-corrected chi connectivity index (χ1v) is 6.96. The van der Waals surface area contributed by atoms with Crippen molar-refractivity contribution in [2.75, 3.05) is 19.6 Å². The molecule has 1 N–H and O–H groups in total. The fourth-order valence-corrected chi connectivity index (χ4v) is 2.59. The summed E-state index contributed by atoms with van der Waals surface area (Å²) < 4.78 is 0. The van der Waals surface area contributed by atoms with Crippen LogP contribution >= 0.6 is 0 Å². The summed E-state index contributed by atoms with van der Waals surface area (Å²) in [5.41, 5.74) is 1.22. The van der Waals surface area contributed by atoms with Crippen LogP contribution in [0.15, 0.2) is 18.5 Å². The maximum Gasteiger partial charge on any atom is 0.307 e.